The maximum Gasteiger partial charge on any atom is 0.253 e. The molecule has 1 aliphatic rings. The van der Waals surface area contributed by atoms with E-state index in [4.69, 9.17) is 9.47 Å². The van der Waals surface area contributed by atoms with Gasteiger partial charge in [0, 0.05) is 38.2 Å². The lowest BCUT2D eigenvalue weighted by Gasteiger charge is -2.35. The van der Waals surface area contributed by atoms with Gasteiger partial charge >= 0.3 is 0 Å². The van der Waals surface area contributed by atoms with Crippen molar-refractivity contribution in [2.75, 3.05) is 39.4 Å². The van der Waals surface area contributed by atoms with Gasteiger partial charge in [0.2, 0.25) is 5.91 Å². The Bertz CT molecular complexity index is 825. The highest BCUT2D eigenvalue weighted by Crippen LogP contribution is 2.16. The zero-order valence-corrected chi connectivity index (χ0v) is 17.8. The summed E-state index contributed by atoms with van der Waals surface area (Å²) < 4.78 is 11.1. The monoisotopic (exact) mass is 410 g/mol. The summed E-state index contributed by atoms with van der Waals surface area (Å²) in [5.41, 5.74) is 1.84. The number of amides is 2. The van der Waals surface area contributed by atoms with Crippen molar-refractivity contribution in [3.63, 3.8) is 0 Å². The maximum absolute atomic E-state index is 12.7. The van der Waals surface area contributed by atoms with Gasteiger partial charge in [0.1, 0.15) is 11.5 Å². The van der Waals surface area contributed by atoms with Crippen LogP contribution in [0.1, 0.15) is 35.7 Å². The number of benzene rings is 2. The quantitative estimate of drug-likeness (QED) is 0.625. The highest BCUT2D eigenvalue weighted by atomic mass is 16.5. The third kappa shape index (κ3) is 5.99. The van der Waals surface area contributed by atoms with Crippen LogP contribution in [0.3, 0.4) is 0 Å². The van der Waals surface area contributed by atoms with E-state index in [2.05, 4.69) is 0 Å². The Hall–Kier alpha value is -3.02. The van der Waals surface area contributed by atoms with Crippen molar-refractivity contribution in [1.82, 2.24) is 9.80 Å². The van der Waals surface area contributed by atoms with Crippen molar-refractivity contribution in [2.45, 2.75) is 26.7 Å². The Morgan fingerprint density at radius 3 is 2.03 bits per heavy atom. The molecule has 0 N–H and O–H groups in total. The van der Waals surface area contributed by atoms with Gasteiger partial charge in [-0.1, -0.05) is 17.7 Å². The number of carbonyl (C=O) groups is 2. The van der Waals surface area contributed by atoms with Crippen LogP contribution in [0.25, 0.3) is 0 Å². The Labute approximate surface area is 178 Å². The molecule has 0 saturated carbocycles. The number of aryl methyl sites for hydroxylation is 1. The molecule has 6 nitrogen and oxygen atoms in total. The van der Waals surface area contributed by atoms with E-state index in [1.165, 1.54) is 5.56 Å². The fourth-order valence-electron chi connectivity index (χ4n) is 3.41. The van der Waals surface area contributed by atoms with Crippen LogP contribution in [0.4, 0.5) is 0 Å². The van der Waals surface area contributed by atoms with Gasteiger partial charge in [0.25, 0.3) is 5.91 Å². The Kier molecular flexibility index (Phi) is 7.71. The van der Waals surface area contributed by atoms with Crippen molar-refractivity contribution in [1.29, 1.82) is 0 Å². The van der Waals surface area contributed by atoms with E-state index in [0.29, 0.717) is 57.8 Å². The van der Waals surface area contributed by atoms with Crippen LogP contribution in [0, 0.1) is 6.92 Å². The molecule has 0 radical (unpaired) electrons. The molecular weight excluding hydrogens is 380 g/mol. The van der Waals surface area contributed by atoms with E-state index >= 15 is 0 Å². The fourth-order valence-corrected chi connectivity index (χ4v) is 3.41. The molecule has 0 aromatic heterocycles. The first-order valence-electron chi connectivity index (χ1n) is 10.6. The SMILES string of the molecule is CCOc1ccc(C(=O)N2CCN(C(=O)CCCOc3ccc(C)cc3)CC2)cc1. The minimum atomic E-state index is -0.00311. The van der Waals surface area contributed by atoms with Crippen molar-refractivity contribution in [3.8, 4) is 11.5 Å². The molecule has 160 valence electrons. The number of piperazine rings is 1. The first-order chi connectivity index (χ1) is 14.6. The Morgan fingerprint density at radius 1 is 0.833 bits per heavy atom. The molecule has 6 heteroatoms. The summed E-state index contributed by atoms with van der Waals surface area (Å²) in [5.74, 6) is 1.71. The predicted molar refractivity (Wildman–Crippen MR) is 116 cm³/mol. The molecule has 30 heavy (non-hydrogen) atoms. The van der Waals surface area contributed by atoms with Gasteiger partial charge in [-0.25, -0.2) is 0 Å². The van der Waals surface area contributed by atoms with Gasteiger partial charge in [0.05, 0.1) is 13.2 Å². The highest BCUT2D eigenvalue weighted by molar-refractivity contribution is 5.94. The van der Waals surface area contributed by atoms with Crippen LogP contribution >= 0.6 is 0 Å². The maximum atomic E-state index is 12.7. The second kappa shape index (κ2) is 10.7. The number of hydrogen-bond acceptors (Lipinski definition) is 4. The van der Waals surface area contributed by atoms with Gasteiger partial charge in [-0.3, -0.25) is 9.59 Å². The standard InChI is InChI=1S/C24H30N2O4/c1-3-29-21-12-8-20(9-13-21)24(28)26-16-14-25(15-17-26)23(27)5-4-18-30-22-10-6-19(2)7-11-22/h6-13H,3-5,14-18H2,1-2H3. The summed E-state index contributed by atoms with van der Waals surface area (Å²) in [5, 5.41) is 0. The summed E-state index contributed by atoms with van der Waals surface area (Å²) in [4.78, 5) is 28.8. The molecule has 0 spiro atoms. The van der Waals surface area contributed by atoms with Gasteiger partial charge < -0.3 is 19.3 Å². The van der Waals surface area contributed by atoms with Crippen molar-refractivity contribution in [3.05, 3.63) is 59.7 Å². The molecular formula is C24H30N2O4. The molecule has 1 heterocycles. The summed E-state index contributed by atoms with van der Waals surface area (Å²) in [6, 6.07) is 15.1. The molecule has 2 aromatic rings. The zero-order valence-electron chi connectivity index (χ0n) is 17.8. The van der Waals surface area contributed by atoms with Crippen molar-refractivity contribution in [2.24, 2.45) is 0 Å². The van der Waals surface area contributed by atoms with Crippen LogP contribution in [0.2, 0.25) is 0 Å². The highest BCUT2D eigenvalue weighted by Gasteiger charge is 2.24. The lowest BCUT2D eigenvalue weighted by Crippen LogP contribution is -2.50. The first kappa shape index (κ1) is 21.7. The Balaban J connectivity index is 1.38. The number of hydrogen-bond donors (Lipinski definition) is 0. The molecule has 0 bridgehead atoms. The van der Waals surface area contributed by atoms with Gasteiger partial charge in [0.15, 0.2) is 0 Å². The van der Waals surface area contributed by atoms with Crippen LogP contribution in [0.5, 0.6) is 11.5 Å². The number of rotatable bonds is 8. The molecule has 1 fully saturated rings. The minimum absolute atomic E-state index is 0.00311. The largest absolute Gasteiger partial charge is 0.494 e. The number of nitrogens with zero attached hydrogens (tertiary/aromatic N) is 2. The molecule has 3 rings (SSSR count). The molecule has 0 unspecified atom stereocenters. The van der Waals surface area contributed by atoms with Crippen LogP contribution in [-0.4, -0.2) is 61.0 Å². The lowest BCUT2D eigenvalue weighted by molar-refractivity contribution is -0.132. The molecule has 0 aliphatic carbocycles. The van der Waals surface area contributed by atoms with Crippen LogP contribution < -0.4 is 9.47 Å². The second-order valence-electron chi connectivity index (χ2n) is 7.40. The van der Waals surface area contributed by atoms with E-state index in [1.54, 1.807) is 17.0 Å². The first-order valence-corrected chi connectivity index (χ1v) is 10.6. The Morgan fingerprint density at radius 2 is 1.40 bits per heavy atom. The topological polar surface area (TPSA) is 59.1 Å². The lowest BCUT2D eigenvalue weighted by atomic mass is 10.1. The second-order valence-corrected chi connectivity index (χ2v) is 7.40. The van der Waals surface area contributed by atoms with E-state index in [0.717, 1.165) is 11.5 Å². The third-order valence-electron chi connectivity index (χ3n) is 5.16. The third-order valence-corrected chi connectivity index (χ3v) is 5.16. The number of carbonyl (C=O) groups excluding carboxylic acids is 2. The van der Waals surface area contributed by atoms with Gasteiger partial charge in [-0.2, -0.15) is 0 Å². The predicted octanol–water partition coefficient (Wildman–Crippen LogP) is 3.54. The average Bonchev–Trinajstić information content (AvgIpc) is 2.78. The summed E-state index contributed by atoms with van der Waals surface area (Å²) >= 11 is 0. The van der Waals surface area contributed by atoms with E-state index in [1.807, 2.05) is 55.1 Å². The molecule has 0 atom stereocenters. The average molecular weight is 411 g/mol. The summed E-state index contributed by atoms with van der Waals surface area (Å²) in [6.07, 6.45) is 1.14. The van der Waals surface area contributed by atoms with E-state index in [-0.39, 0.29) is 11.8 Å². The minimum Gasteiger partial charge on any atom is -0.494 e. The molecule has 2 amide bonds. The van der Waals surface area contributed by atoms with Crippen LogP contribution in [-0.2, 0) is 4.79 Å². The summed E-state index contributed by atoms with van der Waals surface area (Å²) in [6.45, 7) is 7.33. The molecule has 1 saturated heterocycles. The molecule has 1 aliphatic heterocycles. The zero-order chi connectivity index (χ0) is 21.3. The van der Waals surface area contributed by atoms with E-state index in [9.17, 15) is 9.59 Å². The van der Waals surface area contributed by atoms with Crippen molar-refractivity contribution >= 4 is 11.8 Å². The van der Waals surface area contributed by atoms with Gasteiger partial charge in [-0.15, -0.1) is 0 Å². The number of ether oxygens (including phenoxy) is 2. The van der Waals surface area contributed by atoms with Crippen LogP contribution in [0.15, 0.2) is 48.5 Å². The normalized spacial score (nSPS) is 13.8. The summed E-state index contributed by atoms with van der Waals surface area (Å²) in [7, 11) is 0. The van der Waals surface area contributed by atoms with Crippen molar-refractivity contribution < 1.29 is 19.1 Å². The van der Waals surface area contributed by atoms with E-state index < -0.39 is 0 Å². The molecule has 2 aromatic carbocycles. The fraction of sp³-hybridized carbons (Fsp3) is 0.417. The van der Waals surface area contributed by atoms with Gasteiger partial charge in [-0.05, 0) is 56.7 Å². The smallest absolute Gasteiger partial charge is 0.253 e.